The first-order chi connectivity index (χ1) is 14.5. The molecule has 0 unspecified atom stereocenters. The second kappa shape index (κ2) is 8.69. The maximum Gasteiger partial charge on any atom is 0.263 e. The summed E-state index contributed by atoms with van der Waals surface area (Å²) in [4.78, 5) is -0.955. The third kappa shape index (κ3) is 5.06. The Bertz CT molecular complexity index is 1350. The van der Waals surface area contributed by atoms with Gasteiger partial charge in [-0.2, -0.15) is 0 Å². The van der Waals surface area contributed by atoms with Crippen molar-refractivity contribution in [2.75, 3.05) is 16.6 Å². The molecule has 0 fully saturated rings. The van der Waals surface area contributed by atoms with Gasteiger partial charge in [-0.15, -0.1) is 0 Å². The fraction of sp³-hybridized carbons (Fsp3) is 0.0526. The Balaban J connectivity index is 1.95. The van der Waals surface area contributed by atoms with Crippen LogP contribution in [0.1, 0.15) is 0 Å². The predicted molar refractivity (Wildman–Crippen MR) is 112 cm³/mol. The molecule has 0 saturated heterocycles. The Morgan fingerprint density at radius 2 is 1.55 bits per heavy atom. The molecule has 3 aromatic carbocycles. The summed E-state index contributed by atoms with van der Waals surface area (Å²) < 4.78 is 86.7. The summed E-state index contributed by atoms with van der Waals surface area (Å²) in [5.41, 5.74) is -0.0108. The minimum Gasteiger partial charge on any atom is -0.495 e. The van der Waals surface area contributed by atoms with Crippen LogP contribution in [-0.2, 0) is 20.0 Å². The zero-order valence-corrected chi connectivity index (χ0v) is 18.2. The number of ether oxygens (including phenoxy) is 1. The van der Waals surface area contributed by atoms with Gasteiger partial charge in [0.1, 0.15) is 10.6 Å². The average molecular weight is 489 g/mol. The normalized spacial score (nSPS) is 11.7. The highest BCUT2D eigenvalue weighted by Gasteiger charge is 2.22. The molecule has 3 rings (SSSR count). The molecule has 0 amide bonds. The van der Waals surface area contributed by atoms with E-state index >= 15 is 0 Å². The van der Waals surface area contributed by atoms with Gasteiger partial charge in [0.15, 0.2) is 11.6 Å². The van der Waals surface area contributed by atoms with Crippen molar-refractivity contribution in [1.82, 2.24) is 0 Å². The van der Waals surface area contributed by atoms with Crippen LogP contribution in [0.15, 0.2) is 70.5 Å². The number of rotatable bonds is 7. The van der Waals surface area contributed by atoms with Crippen LogP contribution in [0.5, 0.6) is 5.75 Å². The lowest BCUT2D eigenvalue weighted by molar-refractivity contribution is 0.417. The summed E-state index contributed by atoms with van der Waals surface area (Å²) in [5, 5.41) is -0.168. The number of hydrogen-bond donors (Lipinski definition) is 2. The van der Waals surface area contributed by atoms with E-state index in [0.717, 1.165) is 12.1 Å². The van der Waals surface area contributed by atoms with Crippen LogP contribution < -0.4 is 14.2 Å². The third-order valence-electron chi connectivity index (χ3n) is 4.03. The van der Waals surface area contributed by atoms with Crippen LogP contribution in [0, 0.1) is 11.6 Å². The lowest BCUT2D eigenvalue weighted by Gasteiger charge is -2.14. The Kier molecular flexibility index (Phi) is 6.39. The van der Waals surface area contributed by atoms with E-state index in [2.05, 4.69) is 9.44 Å². The molecule has 0 radical (unpaired) electrons. The summed E-state index contributed by atoms with van der Waals surface area (Å²) >= 11 is 6.03. The molecule has 0 bridgehead atoms. The zero-order chi connectivity index (χ0) is 22.8. The van der Waals surface area contributed by atoms with Gasteiger partial charge in [0.25, 0.3) is 20.0 Å². The highest BCUT2D eigenvalue weighted by atomic mass is 35.5. The minimum absolute atomic E-state index is 0.147. The van der Waals surface area contributed by atoms with E-state index in [-0.39, 0.29) is 22.1 Å². The molecule has 164 valence electrons. The van der Waals surface area contributed by atoms with Gasteiger partial charge >= 0.3 is 0 Å². The smallest absolute Gasteiger partial charge is 0.263 e. The summed E-state index contributed by atoms with van der Waals surface area (Å²) in [6.45, 7) is 0. The second-order valence-electron chi connectivity index (χ2n) is 6.13. The Labute approximate surface area is 182 Å². The molecule has 0 saturated carbocycles. The number of anilines is 2. The topological polar surface area (TPSA) is 102 Å². The molecular formula is C19H15ClF2N2O5S2. The monoisotopic (exact) mass is 488 g/mol. The number of halogens is 3. The molecule has 31 heavy (non-hydrogen) atoms. The SMILES string of the molecule is COc1ccccc1NS(=O)(=O)c1cc(NS(=O)(=O)c2ccc(F)c(F)c2)ccc1Cl. The fourth-order valence-electron chi connectivity index (χ4n) is 2.56. The summed E-state index contributed by atoms with van der Waals surface area (Å²) in [6.07, 6.45) is 0. The van der Waals surface area contributed by atoms with Crippen molar-refractivity contribution < 1.29 is 30.4 Å². The molecular weight excluding hydrogens is 474 g/mol. The quantitative estimate of drug-likeness (QED) is 0.518. The zero-order valence-electron chi connectivity index (χ0n) is 15.8. The van der Waals surface area contributed by atoms with Crippen molar-refractivity contribution in [2.24, 2.45) is 0 Å². The summed E-state index contributed by atoms with van der Waals surface area (Å²) in [5.74, 6) is -2.29. The van der Waals surface area contributed by atoms with E-state index in [1.165, 1.54) is 25.3 Å². The number of para-hydroxylation sites is 2. The Hall–Kier alpha value is -2.89. The predicted octanol–water partition coefficient (Wildman–Crippen LogP) is 4.23. The van der Waals surface area contributed by atoms with Crippen LogP contribution in [0.2, 0.25) is 5.02 Å². The van der Waals surface area contributed by atoms with Gasteiger partial charge < -0.3 is 4.74 Å². The van der Waals surface area contributed by atoms with Gasteiger partial charge in [0.05, 0.1) is 28.4 Å². The minimum atomic E-state index is -4.33. The van der Waals surface area contributed by atoms with Crippen molar-refractivity contribution in [3.05, 3.63) is 77.3 Å². The third-order valence-corrected chi connectivity index (χ3v) is 7.25. The number of nitrogens with one attached hydrogen (secondary N) is 2. The molecule has 2 N–H and O–H groups in total. The van der Waals surface area contributed by atoms with Gasteiger partial charge in [-0.3, -0.25) is 9.44 Å². The van der Waals surface area contributed by atoms with E-state index in [4.69, 9.17) is 16.3 Å². The highest BCUT2D eigenvalue weighted by molar-refractivity contribution is 7.93. The lowest BCUT2D eigenvalue weighted by atomic mass is 10.3. The van der Waals surface area contributed by atoms with Gasteiger partial charge in [0, 0.05) is 0 Å². The maximum absolute atomic E-state index is 13.4. The molecule has 0 aliphatic heterocycles. The van der Waals surface area contributed by atoms with Crippen LogP contribution in [-0.4, -0.2) is 23.9 Å². The van der Waals surface area contributed by atoms with Crippen molar-refractivity contribution in [2.45, 2.75) is 9.79 Å². The second-order valence-corrected chi connectivity index (χ2v) is 9.87. The van der Waals surface area contributed by atoms with Gasteiger partial charge in [-0.25, -0.2) is 25.6 Å². The first kappa shape index (κ1) is 22.8. The van der Waals surface area contributed by atoms with E-state index in [1.807, 2.05) is 0 Å². The van der Waals surface area contributed by atoms with Crippen LogP contribution >= 0.6 is 11.6 Å². The largest absolute Gasteiger partial charge is 0.495 e. The molecule has 0 spiro atoms. The molecule has 0 heterocycles. The average Bonchev–Trinajstić information content (AvgIpc) is 2.71. The van der Waals surface area contributed by atoms with Crippen molar-refractivity contribution >= 4 is 43.0 Å². The Morgan fingerprint density at radius 3 is 2.23 bits per heavy atom. The van der Waals surface area contributed by atoms with E-state index in [1.54, 1.807) is 18.2 Å². The van der Waals surface area contributed by atoms with E-state index in [0.29, 0.717) is 12.1 Å². The van der Waals surface area contributed by atoms with Gasteiger partial charge in [0.2, 0.25) is 0 Å². The fourth-order valence-corrected chi connectivity index (χ4v) is 5.22. The van der Waals surface area contributed by atoms with Gasteiger partial charge in [-0.1, -0.05) is 23.7 Å². The highest BCUT2D eigenvalue weighted by Crippen LogP contribution is 2.31. The van der Waals surface area contributed by atoms with Crippen LogP contribution in [0.3, 0.4) is 0 Å². The van der Waals surface area contributed by atoms with Crippen LogP contribution in [0.25, 0.3) is 0 Å². The van der Waals surface area contributed by atoms with Crippen LogP contribution in [0.4, 0.5) is 20.2 Å². The number of hydrogen-bond acceptors (Lipinski definition) is 5. The molecule has 0 aliphatic carbocycles. The molecule has 3 aromatic rings. The molecule has 7 nitrogen and oxygen atoms in total. The number of sulfonamides is 2. The van der Waals surface area contributed by atoms with Crippen molar-refractivity contribution in [3.63, 3.8) is 0 Å². The van der Waals surface area contributed by atoms with Gasteiger partial charge in [-0.05, 0) is 48.5 Å². The van der Waals surface area contributed by atoms with E-state index in [9.17, 15) is 25.6 Å². The lowest BCUT2D eigenvalue weighted by Crippen LogP contribution is -2.16. The van der Waals surface area contributed by atoms with Crippen molar-refractivity contribution in [1.29, 1.82) is 0 Å². The molecule has 0 aliphatic rings. The molecule has 12 heteroatoms. The van der Waals surface area contributed by atoms with E-state index < -0.39 is 41.5 Å². The standard InChI is InChI=1S/C19H15ClF2N2O5S2/c1-29-18-5-3-2-4-17(18)24-31(27,28)19-10-12(6-8-14(19)20)23-30(25,26)13-7-9-15(21)16(22)11-13/h2-11,23-24H,1H3. The van der Waals surface area contributed by atoms with Crippen molar-refractivity contribution in [3.8, 4) is 5.75 Å². The number of methoxy groups -OCH3 is 1. The molecule has 0 atom stereocenters. The summed E-state index contributed by atoms with van der Waals surface area (Å²) in [7, 11) is -7.20. The number of benzene rings is 3. The Morgan fingerprint density at radius 1 is 0.839 bits per heavy atom. The first-order valence-corrected chi connectivity index (χ1v) is 11.8. The molecule has 0 aromatic heterocycles. The maximum atomic E-state index is 13.4. The summed E-state index contributed by atoms with van der Waals surface area (Å²) in [6, 6.07) is 11.7. The first-order valence-electron chi connectivity index (χ1n) is 8.47.